The summed E-state index contributed by atoms with van der Waals surface area (Å²) >= 11 is -1.90. The van der Waals surface area contributed by atoms with E-state index in [9.17, 15) is 4.79 Å². The molecule has 0 bridgehead atoms. The predicted octanol–water partition coefficient (Wildman–Crippen LogP) is 1.65. The van der Waals surface area contributed by atoms with Gasteiger partial charge in [-0.3, -0.25) is 0 Å². The average molecular weight is 312 g/mol. The van der Waals surface area contributed by atoms with Crippen molar-refractivity contribution in [2.45, 2.75) is 27.7 Å². The van der Waals surface area contributed by atoms with Crippen LogP contribution in [0.15, 0.2) is 24.3 Å². The number of amides is 1. The summed E-state index contributed by atoms with van der Waals surface area (Å²) in [5.41, 5.74) is 6.31. The van der Waals surface area contributed by atoms with Crippen molar-refractivity contribution in [2.24, 2.45) is 5.73 Å². The molecule has 0 saturated carbocycles. The number of nitrogens with two attached hydrogens (primary N) is 1. The van der Waals surface area contributed by atoms with Crippen LogP contribution in [0.1, 0.15) is 12.0 Å². The molecule has 0 saturated heterocycles. The van der Waals surface area contributed by atoms with Crippen molar-refractivity contribution in [2.75, 3.05) is 0 Å². The summed E-state index contributed by atoms with van der Waals surface area (Å²) in [4.78, 5) is 17.8. The third-order valence-electron chi connectivity index (χ3n) is 2.48. The molecule has 82 valence electrons. The number of primary amides is 1. The standard InChI is InChI=1S/C9H10NO.3CH3.Sn/c10-9(11)7-6-8-4-2-1-3-5-8;;;;/h2-5H,6-7H2,(H2,10,11);3*1H3;. The summed E-state index contributed by atoms with van der Waals surface area (Å²) in [5.74, 6) is -0.228. The second kappa shape index (κ2) is 5.01. The third kappa shape index (κ3) is 4.24. The maximum atomic E-state index is 10.6. The van der Waals surface area contributed by atoms with Gasteiger partial charge in [-0.05, 0) is 0 Å². The SMILES string of the molecule is [CH3][Sn]([CH3])([CH3])[c]1ccc(CCC(N)=O)cc1. The first-order chi connectivity index (χ1) is 6.89. The Kier molecular flexibility index (Phi) is 4.20. The van der Waals surface area contributed by atoms with Crippen LogP contribution in [0.4, 0.5) is 0 Å². The van der Waals surface area contributed by atoms with Crippen molar-refractivity contribution in [3.63, 3.8) is 0 Å². The summed E-state index contributed by atoms with van der Waals surface area (Å²) in [5, 5.41) is 0. The Labute approximate surface area is 95.7 Å². The van der Waals surface area contributed by atoms with Gasteiger partial charge in [0.2, 0.25) is 0 Å². The quantitative estimate of drug-likeness (QED) is 0.844. The summed E-state index contributed by atoms with van der Waals surface area (Å²) in [6.07, 6.45) is 1.20. The van der Waals surface area contributed by atoms with E-state index in [-0.39, 0.29) is 5.91 Å². The normalized spacial score (nSPS) is 11.4. The fraction of sp³-hybridized carbons (Fsp3) is 0.417. The minimum absolute atomic E-state index is 0.228. The maximum absolute atomic E-state index is 10.6. The van der Waals surface area contributed by atoms with Crippen molar-refractivity contribution >= 4 is 27.9 Å². The molecule has 0 radical (unpaired) electrons. The topological polar surface area (TPSA) is 43.1 Å². The molecule has 0 aromatic heterocycles. The Bertz CT molecular complexity index is 338. The van der Waals surface area contributed by atoms with Gasteiger partial charge in [0.1, 0.15) is 0 Å². The van der Waals surface area contributed by atoms with E-state index in [1.54, 1.807) is 0 Å². The molecular formula is C12H19NOSn. The number of hydrogen-bond donors (Lipinski definition) is 1. The fourth-order valence-electron chi connectivity index (χ4n) is 1.44. The fourth-order valence-corrected chi connectivity index (χ4v) is 4.77. The molecule has 1 amide bonds. The molecule has 2 nitrogen and oxygen atoms in total. The predicted molar refractivity (Wildman–Crippen MR) is 66.9 cm³/mol. The minimum atomic E-state index is -1.90. The Balaban J connectivity index is 2.69. The Morgan fingerprint density at radius 2 is 1.73 bits per heavy atom. The van der Waals surface area contributed by atoms with Gasteiger partial charge in [0.05, 0.1) is 0 Å². The zero-order chi connectivity index (χ0) is 11.5. The molecule has 0 aliphatic heterocycles. The number of rotatable bonds is 4. The first kappa shape index (κ1) is 12.6. The zero-order valence-corrected chi connectivity index (χ0v) is 12.6. The van der Waals surface area contributed by atoms with E-state index in [1.807, 2.05) is 0 Å². The molecule has 0 aliphatic rings. The molecule has 0 aliphatic carbocycles. The van der Waals surface area contributed by atoms with Crippen molar-refractivity contribution in [1.29, 1.82) is 0 Å². The van der Waals surface area contributed by atoms with E-state index in [0.717, 1.165) is 6.42 Å². The van der Waals surface area contributed by atoms with Crippen LogP contribution in [-0.2, 0) is 11.2 Å². The summed E-state index contributed by atoms with van der Waals surface area (Å²) in [7, 11) is 0. The van der Waals surface area contributed by atoms with Gasteiger partial charge in [-0.25, -0.2) is 0 Å². The van der Waals surface area contributed by atoms with Crippen molar-refractivity contribution in [3.8, 4) is 0 Å². The molecule has 15 heavy (non-hydrogen) atoms. The van der Waals surface area contributed by atoms with Crippen LogP contribution in [0.5, 0.6) is 0 Å². The third-order valence-corrected chi connectivity index (χ3v) is 8.37. The van der Waals surface area contributed by atoms with Crippen LogP contribution >= 0.6 is 0 Å². The van der Waals surface area contributed by atoms with Gasteiger partial charge in [-0.2, -0.15) is 0 Å². The van der Waals surface area contributed by atoms with Gasteiger partial charge in [0, 0.05) is 0 Å². The molecule has 1 aromatic rings. The van der Waals surface area contributed by atoms with Gasteiger partial charge >= 0.3 is 95.9 Å². The second-order valence-electron chi connectivity index (χ2n) is 4.91. The number of carbonyl (C=O) groups is 1. The van der Waals surface area contributed by atoms with Gasteiger partial charge < -0.3 is 0 Å². The van der Waals surface area contributed by atoms with E-state index >= 15 is 0 Å². The van der Waals surface area contributed by atoms with Crippen LogP contribution in [0.25, 0.3) is 0 Å². The molecular weight excluding hydrogens is 293 g/mol. The zero-order valence-electron chi connectivity index (χ0n) is 9.71. The van der Waals surface area contributed by atoms with Crippen LogP contribution < -0.4 is 9.31 Å². The van der Waals surface area contributed by atoms with Crippen LogP contribution in [0.3, 0.4) is 0 Å². The number of carbonyl (C=O) groups excluding carboxylic acids is 1. The molecule has 2 N–H and O–H groups in total. The first-order valence-electron chi connectivity index (χ1n) is 5.27. The second-order valence-corrected chi connectivity index (χ2v) is 19.4. The van der Waals surface area contributed by atoms with Crippen LogP contribution in [0, 0.1) is 0 Å². The Hall–Kier alpha value is -0.511. The van der Waals surface area contributed by atoms with E-state index in [0.29, 0.717) is 6.42 Å². The summed E-state index contributed by atoms with van der Waals surface area (Å²) in [6, 6.07) is 8.68. The Morgan fingerprint density at radius 1 is 1.20 bits per heavy atom. The van der Waals surface area contributed by atoms with Crippen molar-refractivity contribution < 1.29 is 4.79 Å². The van der Waals surface area contributed by atoms with Gasteiger partial charge in [-0.1, -0.05) is 0 Å². The molecule has 0 unspecified atom stereocenters. The van der Waals surface area contributed by atoms with Crippen molar-refractivity contribution in [3.05, 3.63) is 29.8 Å². The summed E-state index contributed by atoms with van der Waals surface area (Å²) < 4.78 is 1.52. The molecule has 0 heterocycles. The number of benzene rings is 1. The van der Waals surface area contributed by atoms with Gasteiger partial charge in [-0.15, -0.1) is 0 Å². The van der Waals surface area contributed by atoms with Gasteiger partial charge in [0.15, 0.2) is 0 Å². The molecule has 1 rings (SSSR count). The van der Waals surface area contributed by atoms with Crippen LogP contribution in [0.2, 0.25) is 14.8 Å². The molecule has 1 aromatic carbocycles. The first-order valence-corrected chi connectivity index (χ1v) is 15.3. The van der Waals surface area contributed by atoms with Crippen molar-refractivity contribution in [1.82, 2.24) is 0 Å². The number of aryl methyl sites for hydroxylation is 1. The van der Waals surface area contributed by atoms with E-state index in [2.05, 4.69) is 39.1 Å². The number of hydrogen-bond acceptors (Lipinski definition) is 1. The molecule has 0 atom stereocenters. The van der Waals surface area contributed by atoms with Crippen LogP contribution in [-0.4, -0.2) is 24.3 Å². The molecule has 0 spiro atoms. The molecule has 3 heteroatoms. The Morgan fingerprint density at radius 3 is 2.13 bits per heavy atom. The van der Waals surface area contributed by atoms with Gasteiger partial charge in [0.25, 0.3) is 0 Å². The monoisotopic (exact) mass is 313 g/mol. The van der Waals surface area contributed by atoms with E-state index < -0.39 is 18.4 Å². The van der Waals surface area contributed by atoms with E-state index in [4.69, 9.17) is 5.73 Å². The summed E-state index contributed by atoms with van der Waals surface area (Å²) in [6.45, 7) is 0. The average Bonchev–Trinajstić information content (AvgIpc) is 2.14. The van der Waals surface area contributed by atoms with E-state index in [1.165, 1.54) is 9.14 Å². The molecule has 0 fully saturated rings.